The summed E-state index contributed by atoms with van der Waals surface area (Å²) in [6.07, 6.45) is 4.55. The maximum absolute atomic E-state index is 13.7. The molecule has 32 heavy (non-hydrogen) atoms. The molecule has 1 amide bonds. The fraction of sp³-hybridized carbons (Fsp3) is 0.261. The van der Waals surface area contributed by atoms with Crippen molar-refractivity contribution in [1.29, 1.82) is 10.8 Å². The predicted octanol–water partition coefficient (Wildman–Crippen LogP) is 2.99. The predicted molar refractivity (Wildman–Crippen MR) is 123 cm³/mol. The van der Waals surface area contributed by atoms with Gasteiger partial charge in [0.1, 0.15) is 11.6 Å². The van der Waals surface area contributed by atoms with Crippen LogP contribution >= 0.6 is 0 Å². The number of halogens is 1. The number of likely N-dealkylation sites (tertiary alicyclic amines) is 1. The van der Waals surface area contributed by atoms with Crippen LogP contribution < -0.4 is 10.6 Å². The summed E-state index contributed by atoms with van der Waals surface area (Å²) >= 11 is 0. The van der Waals surface area contributed by atoms with E-state index in [1.54, 1.807) is 17.2 Å². The summed E-state index contributed by atoms with van der Waals surface area (Å²) in [7, 11) is 0. The van der Waals surface area contributed by atoms with Gasteiger partial charge in [-0.1, -0.05) is 18.2 Å². The first kappa shape index (κ1) is 21.4. The second-order valence-electron chi connectivity index (χ2n) is 7.77. The van der Waals surface area contributed by atoms with Crippen molar-refractivity contribution in [3.8, 4) is 0 Å². The topological polar surface area (TPSA) is 123 Å². The highest BCUT2D eigenvalue weighted by atomic mass is 19.1. The molecule has 0 saturated carbocycles. The van der Waals surface area contributed by atoms with Gasteiger partial charge in [-0.2, -0.15) is 0 Å². The molecule has 2 atom stereocenters. The normalized spacial score (nSPS) is 19.3. The number of piperidine rings is 1. The van der Waals surface area contributed by atoms with Crippen LogP contribution in [-0.4, -0.2) is 58.9 Å². The number of carbonyl (C=O) groups is 1. The Hall–Kier alpha value is -3.88. The Morgan fingerprint density at radius 2 is 1.84 bits per heavy atom. The Morgan fingerprint density at radius 1 is 1.09 bits per heavy atom. The van der Waals surface area contributed by atoms with Gasteiger partial charge in [-0.3, -0.25) is 9.78 Å². The van der Waals surface area contributed by atoms with Crippen LogP contribution in [0.15, 0.2) is 48.7 Å². The molecule has 3 aromatic rings. The third-order valence-electron chi connectivity index (χ3n) is 5.94. The summed E-state index contributed by atoms with van der Waals surface area (Å²) in [5, 5.41) is 12.2. The highest BCUT2D eigenvalue weighted by molar-refractivity contribution is 6.12. The molecule has 3 heterocycles. The number of nitrogens with zero attached hydrogens (tertiary/aromatic N) is 4. The number of anilines is 2. The Bertz CT molecular complexity index is 1160. The number of nitrogens with two attached hydrogens (primary N) is 1. The number of fused-ring (bicyclic) bond motifs is 2. The Labute approximate surface area is 184 Å². The van der Waals surface area contributed by atoms with Gasteiger partial charge < -0.3 is 26.4 Å². The summed E-state index contributed by atoms with van der Waals surface area (Å²) in [6, 6.07) is 12.4. The van der Waals surface area contributed by atoms with E-state index in [1.807, 2.05) is 24.3 Å². The average molecular weight is 433 g/mol. The minimum Gasteiger partial charge on any atom is -0.396 e. The SMILES string of the molecule is N=CC=N.Nc1c(F)cccc1C(=O)N1CC[C@H]2CN(c3cnc4ccccc4n3)[C@H]2C1. The molecular weight excluding hydrogens is 409 g/mol. The van der Waals surface area contributed by atoms with Gasteiger partial charge in [-0.25, -0.2) is 9.37 Å². The maximum Gasteiger partial charge on any atom is 0.256 e. The molecule has 0 aliphatic carbocycles. The van der Waals surface area contributed by atoms with Crippen molar-refractivity contribution in [3.63, 3.8) is 0 Å². The smallest absolute Gasteiger partial charge is 0.256 e. The number of para-hydroxylation sites is 3. The number of carbonyl (C=O) groups excluding carboxylic acids is 1. The second-order valence-corrected chi connectivity index (χ2v) is 7.77. The molecule has 4 N–H and O–H groups in total. The molecule has 0 spiro atoms. The van der Waals surface area contributed by atoms with E-state index in [2.05, 4.69) is 9.88 Å². The molecule has 0 radical (unpaired) electrons. The summed E-state index contributed by atoms with van der Waals surface area (Å²) in [5.74, 6) is 0.589. The lowest BCUT2D eigenvalue weighted by Crippen LogP contribution is -2.65. The highest BCUT2D eigenvalue weighted by Gasteiger charge is 2.44. The van der Waals surface area contributed by atoms with Crippen LogP contribution in [0.4, 0.5) is 15.9 Å². The van der Waals surface area contributed by atoms with E-state index >= 15 is 0 Å². The monoisotopic (exact) mass is 433 g/mol. The van der Waals surface area contributed by atoms with E-state index in [0.717, 1.165) is 42.2 Å². The fourth-order valence-electron chi connectivity index (χ4n) is 4.22. The van der Waals surface area contributed by atoms with Crippen molar-refractivity contribution in [2.75, 3.05) is 30.3 Å². The molecule has 2 aliphatic heterocycles. The van der Waals surface area contributed by atoms with Crippen LogP contribution in [0.1, 0.15) is 16.8 Å². The van der Waals surface area contributed by atoms with E-state index in [1.165, 1.54) is 12.1 Å². The standard InChI is InChI=1S/C21H20FN5O.C2H4N2/c22-15-5-3-4-14(20(15)23)21(28)26-9-8-13-11-27(18(13)12-26)19-10-24-16-6-1-2-7-17(16)25-19;3-1-2-4/h1-7,10,13,18H,8-9,11-12,23H2;1-4H/t13-,18-;/m0./s1. The van der Waals surface area contributed by atoms with Gasteiger partial charge in [0, 0.05) is 38.0 Å². The van der Waals surface area contributed by atoms with E-state index in [0.29, 0.717) is 19.0 Å². The minimum absolute atomic E-state index is 0.0829. The molecule has 0 unspecified atom stereocenters. The van der Waals surface area contributed by atoms with Crippen molar-refractivity contribution in [3.05, 3.63) is 60.0 Å². The van der Waals surface area contributed by atoms with Crippen LogP contribution in [0.25, 0.3) is 11.0 Å². The van der Waals surface area contributed by atoms with Gasteiger partial charge >= 0.3 is 0 Å². The quantitative estimate of drug-likeness (QED) is 0.433. The first-order valence-corrected chi connectivity index (χ1v) is 10.3. The largest absolute Gasteiger partial charge is 0.396 e. The van der Waals surface area contributed by atoms with Crippen molar-refractivity contribution in [1.82, 2.24) is 14.9 Å². The molecule has 2 aromatic carbocycles. The first-order valence-electron chi connectivity index (χ1n) is 10.3. The van der Waals surface area contributed by atoms with Gasteiger partial charge in [0.25, 0.3) is 5.91 Å². The summed E-state index contributed by atoms with van der Waals surface area (Å²) in [5.41, 5.74) is 7.66. The van der Waals surface area contributed by atoms with E-state index in [-0.39, 0.29) is 23.2 Å². The summed E-state index contributed by atoms with van der Waals surface area (Å²) < 4.78 is 13.7. The number of hydrogen-bond donors (Lipinski definition) is 3. The Morgan fingerprint density at radius 3 is 2.59 bits per heavy atom. The number of aromatic nitrogens is 2. The lowest BCUT2D eigenvalue weighted by Gasteiger charge is -2.53. The zero-order chi connectivity index (χ0) is 22.7. The van der Waals surface area contributed by atoms with Crippen LogP contribution in [-0.2, 0) is 0 Å². The van der Waals surface area contributed by atoms with E-state index in [9.17, 15) is 9.18 Å². The number of nitrogens with one attached hydrogen (secondary N) is 2. The number of rotatable bonds is 3. The van der Waals surface area contributed by atoms with Crippen LogP contribution in [0, 0.1) is 22.6 Å². The molecule has 0 bridgehead atoms. The average Bonchev–Trinajstić information content (AvgIpc) is 2.81. The number of amides is 1. The van der Waals surface area contributed by atoms with Gasteiger partial charge in [-0.05, 0) is 30.7 Å². The molecule has 164 valence electrons. The maximum atomic E-state index is 13.7. The van der Waals surface area contributed by atoms with Crippen molar-refractivity contribution >= 4 is 40.9 Å². The molecule has 9 heteroatoms. The third-order valence-corrected chi connectivity index (χ3v) is 5.94. The zero-order valence-corrected chi connectivity index (χ0v) is 17.4. The molecule has 2 aliphatic rings. The lowest BCUT2D eigenvalue weighted by molar-refractivity contribution is 0.0592. The highest BCUT2D eigenvalue weighted by Crippen LogP contribution is 2.36. The summed E-state index contributed by atoms with van der Waals surface area (Å²) in [6.45, 7) is 2.16. The molecule has 5 rings (SSSR count). The van der Waals surface area contributed by atoms with Gasteiger partial charge in [0.05, 0.1) is 34.5 Å². The summed E-state index contributed by atoms with van der Waals surface area (Å²) in [4.78, 5) is 26.1. The number of hydrogen-bond acceptors (Lipinski definition) is 7. The van der Waals surface area contributed by atoms with Crippen LogP contribution in [0.5, 0.6) is 0 Å². The van der Waals surface area contributed by atoms with E-state index in [4.69, 9.17) is 21.5 Å². The van der Waals surface area contributed by atoms with Crippen LogP contribution in [0.2, 0.25) is 0 Å². The van der Waals surface area contributed by atoms with Gasteiger partial charge in [0.15, 0.2) is 0 Å². The molecule has 2 saturated heterocycles. The third kappa shape index (κ3) is 4.01. The Balaban J connectivity index is 0.000000567. The van der Waals surface area contributed by atoms with Crippen molar-refractivity contribution in [2.45, 2.75) is 12.5 Å². The molecule has 8 nitrogen and oxygen atoms in total. The second kappa shape index (κ2) is 9.09. The van der Waals surface area contributed by atoms with Crippen molar-refractivity contribution < 1.29 is 9.18 Å². The van der Waals surface area contributed by atoms with E-state index < -0.39 is 5.82 Å². The molecule has 1 aromatic heterocycles. The molecule has 2 fully saturated rings. The zero-order valence-electron chi connectivity index (χ0n) is 17.4. The van der Waals surface area contributed by atoms with Gasteiger partial charge in [-0.15, -0.1) is 0 Å². The Kier molecular flexibility index (Phi) is 6.07. The van der Waals surface area contributed by atoms with Crippen LogP contribution in [0.3, 0.4) is 0 Å². The fourth-order valence-corrected chi connectivity index (χ4v) is 4.22. The number of nitrogen functional groups attached to an aromatic ring is 1. The lowest BCUT2D eigenvalue weighted by atomic mass is 9.82. The first-order chi connectivity index (χ1) is 15.5. The minimum atomic E-state index is -0.558. The van der Waals surface area contributed by atoms with Crippen molar-refractivity contribution in [2.24, 2.45) is 5.92 Å². The van der Waals surface area contributed by atoms with Gasteiger partial charge in [0.2, 0.25) is 0 Å². The number of benzene rings is 2. The molecular formula is C23H24FN7O.